The molecular formula is C16H28Cl2N4O3S. The van der Waals surface area contributed by atoms with Crippen molar-refractivity contribution in [1.82, 2.24) is 15.2 Å². The summed E-state index contributed by atoms with van der Waals surface area (Å²) in [5.74, 6) is -0.0208. The Kier molecular flexibility index (Phi) is 10.3. The largest absolute Gasteiger partial charge is 0.378 e. The van der Waals surface area contributed by atoms with Crippen LogP contribution in [0.1, 0.15) is 26.0 Å². The zero-order chi connectivity index (χ0) is 16.9. The molecule has 1 amide bonds. The highest BCUT2D eigenvalue weighted by atomic mass is 35.5. The van der Waals surface area contributed by atoms with Gasteiger partial charge in [0.2, 0.25) is 5.91 Å². The van der Waals surface area contributed by atoms with Crippen LogP contribution in [0.3, 0.4) is 0 Å². The third-order valence-electron chi connectivity index (χ3n) is 4.11. The molecule has 3 atom stereocenters. The average molecular weight is 427 g/mol. The van der Waals surface area contributed by atoms with E-state index in [1.807, 2.05) is 5.38 Å². The molecular weight excluding hydrogens is 399 g/mol. The van der Waals surface area contributed by atoms with Gasteiger partial charge in [-0.25, -0.2) is 4.98 Å². The molecule has 2 N–H and O–H groups in total. The Morgan fingerprint density at radius 2 is 2.12 bits per heavy atom. The Balaban J connectivity index is 0.00000169. The quantitative estimate of drug-likeness (QED) is 0.748. The Morgan fingerprint density at radius 1 is 1.38 bits per heavy atom. The van der Waals surface area contributed by atoms with Gasteiger partial charge < -0.3 is 20.1 Å². The van der Waals surface area contributed by atoms with Crippen LogP contribution in [0.5, 0.6) is 0 Å². The van der Waals surface area contributed by atoms with Crippen molar-refractivity contribution in [2.24, 2.45) is 0 Å². The van der Waals surface area contributed by atoms with Crippen molar-refractivity contribution < 1.29 is 14.3 Å². The summed E-state index contributed by atoms with van der Waals surface area (Å²) in [4.78, 5) is 19.0. The van der Waals surface area contributed by atoms with Crippen molar-refractivity contribution in [1.29, 1.82) is 0 Å². The summed E-state index contributed by atoms with van der Waals surface area (Å²) in [7, 11) is 0. The molecule has 2 fully saturated rings. The van der Waals surface area contributed by atoms with E-state index in [0.29, 0.717) is 24.8 Å². The number of aromatic nitrogens is 1. The molecule has 0 radical (unpaired) electrons. The van der Waals surface area contributed by atoms with Crippen molar-refractivity contribution in [2.75, 3.05) is 38.2 Å². The van der Waals surface area contributed by atoms with E-state index in [4.69, 9.17) is 9.47 Å². The fraction of sp³-hybridized carbons (Fsp3) is 0.750. The molecule has 2 aliphatic rings. The van der Waals surface area contributed by atoms with Gasteiger partial charge in [-0.1, -0.05) is 0 Å². The Labute approximate surface area is 171 Å². The van der Waals surface area contributed by atoms with E-state index in [9.17, 15) is 4.79 Å². The van der Waals surface area contributed by atoms with Gasteiger partial charge in [0.15, 0.2) is 5.13 Å². The number of hydrogen-bond acceptors (Lipinski definition) is 7. The van der Waals surface area contributed by atoms with E-state index < -0.39 is 0 Å². The van der Waals surface area contributed by atoms with Gasteiger partial charge in [-0.2, -0.15) is 0 Å². The molecule has 26 heavy (non-hydrogen) atoms. The number of nitrogens with zero attached hydrogens (tertiary/aromatic N) is 2. The first-order valence-corrected chi connectivity index (χ1v) is 9.39. The van der Waals surface area contributed by atoms with Gasteiger partial charge in [-0.05, 0) is 13.8 Å². The monoisotopic (exact) mass is 426 g/mol. The van der Waals surface area contributed by atoms with Crippen molar-refractivity contribution in [3.8, 4) is 0 Å². The standard InChI is InChI=1S/C16H26N4O3S.2ClH/c1-11-6-20(7-12(2)23-11)8-14-10-24-16(18-14)19-15(21)5-13-9-22-4-3-17-13;;/h10-13,17H,3-9H2,1-2H3,(H,18,19,21);2*1H. The summed E-state index contributed by atoms with van der Waals surface area (Å²) >= 11 is 1.48. The Bertz CT molecular complexity index is 547. The van der Waals surface area contributed by atoms with E-state index in [-0.39, 0.29) is 49.0 Å². The molecule has 2 saturated heterocycles. The van der Waals surface area contributed by atoms with E-state index >= 15 is 0 Å². The van der Waals surface area contributed by atoms with E-state index in [0.717, 1.165) is 31.9 Å². The molecule has 2 aliphatic heterocycles. The normalized spacial score (nSPS) is 26.5. The fourth-order valence-corrected chi connectivity index (χ4v) is 3.94. The smallest absolute Gasteiger partial charge is 0.227 e. The van der Waals surface area contributed by atoms with Crippen LogP contribution in [0.4, 0.5) is 5.13 Å². The third-order valence-corrected chi connectivity index (χ3v) is 4.92. The molecule has 0 spiro atoms. The van der Waals surface area contributed by atoms with Gasteiger partial charge in [-0.3, -0.25) is 9.69 Å². The minimum absolute atomic E-state index is 0. The van der Waals surface area contributed by atoms with Gasteiger partial charge in [-0.15, -0.1) is 36.2 Å². The maximum atomic E-state index is 12.1. The van der Waals surface area contributed by atoms with Crippen LogP contribution in [0.15, 0.2) is 5.38 Å². The zero-order valence-corrected chi connectivity index (χ0v) is 17.6. The van der Waals surface area contributed by atoms with Crippen LogP contribution in [0, 0.1) is 0 Å². The highest BCUT2D eigenvalue weighted by molar-refractivity contribution is 7.13. The number of nitrogens with one attached hydrogen (secondary N) is 2. The minimum Gasteiger partial charge on any atom is -0.378 e. The van der Waals surface area contributed by atoms with Crippen LogP contribution in [-0.2, 0) is 20.8 Å². The van der Waals surface area contributed by atoms with Crippen LogP contribution < -0.4 is 10.6 Å². The molecule has 150 valence electrons. The van der Waals surface area contributed by atoms with Gasteiger partial charge >= 0.3 is 0 Å². The lowest BCUT2D eigenvalue weighted by Gasteiger charge is -2.34. The third kappa shape index (κ3) is 7.26. The molecule has 1 aromatic heterocycles. The first-order chi connectivity index (χ1) is 11.6. The summed E-state index contributed by atoms with van der Waals surface area (Å²) in [6.07, 6.45) is 0.904. The first kappa shape index (κ1) is 23.6. The molecule has 0 bridgehead atoms. The number of rotatable bonds is 5. The highest BCUT2D eigenvalue weighted by Gasteiger charge is 2.23. The second kappa shape index (κ2) is 11.4. The first-order valence-electron chi connectivity index (χ1n) is 8.51. The summed E-state index contributed by atoms with van der Waals surface area (Å²) in [6, 6.07) is 0.0921. The van der Waals surface area contributed by atoms with Crippen LogP contribution in [0.2, 0.25) is 0 Å². The lowest BCUT2D eigenvalue weighted by atomic mass is 10.2. The Morgan fingerprint density at radius 3 is 2.77 bits per heavy atom. The predicted molar refractivity (Wildman–Crippen MR) is 108 cm³/mol. The number of amides is 1. The number of carbonyl (C=O) groups excluding carboxylic acids is 1. The number of hydrogen-bond donors (Lipinski definition) is 2. The number of morpholine rings is 2. The van der Waals surface area contributed by atoms with Gasteiger partial charge in [0, 0.05) is 44.0 Å². The topological polar surface area (TPSA) is 75.7 Å². The number of ether oxygens (including phenoxy) is 2. The van der Waals surface area contributed by atoms with Gasteiger partial charge in [0.1, 0.15) is 0 Å². The summed E-state index contributed by atoms with van der Waals surface area (Å²) in [6.45, 7) is 8.92. The van der Waals surface area contributed by atoms with Crippen molar-refractivity contribution in [3.63, 3.8) is 0 Å². The average Bonchev–Trinajstić information content (AvgIpc) is 2.94. The molecule has 0 saturated carbocycles. The second-order valence-corrected chi connectivity index (χ2v) is 7.43. The summed E-state index contributed by atoms with van der Waals surface area (Å²) in [5.41, 5.74) is 0.996. The maximum Gasteiger partial charge on any atom is 0.227 e. The van der Waals surface area contributed by atoms with E-state index in [1.165, 1.54) is 11.3 Å². The lowest BCUT2D eigenvalue weighted by molar-refractivity contribution is -0.117. The minimum atomic E-state index is -0.0208. The molecule has 3 unspecified atom stereocenters. The maximum absolute atomic E-state index is 12.1. The number of carbonyl (C=O) groups is 1. The number of anilines is 1. The van der Waals surface area contributed by atoms with Crippen LogP contribution in [0.25, 0.3) is 0 Å². The Hall–Kier alpha value is -0.480. The van der Waals surface area contributed by atoms with Gasteiger partial charge in [0.05, 0.1) is 31.1 Å². The molecule has 10 heteroatoms. The molecule has 0 aliphatic carbocycles. The van der Waals surface area contributed by atoms with Crippen molar-refractivity contribution in [3.05, 3.63) is 11.1 Å². The van der Waals surface area contributed by atoms with Crippen molar-refractivity contribution in [2.45, 2.75) is 45.1 Å². The molecule has 1 aromatic rings. The molecule has 3 heterocycles. The van der Waals surface area contributed by atoms with Crippen LogP contribution in [-0.4, -0.2) is 66.9 Å². The van der Waals surface area contributed by atoms with Gasteiger partial charge in [0.25, 0.3) is 0 Å². The number of thiazole rings is 1. The second-order valence-electron chi connectivity index (χ2n) is 6.57. The fourth-order valence-electron chi connectivity index (χ4n) is 3.22. The molecule has 0 aromatic carbocycles. The lowest BCUT2D eigenvalue weighted by Crippen LogP contribution is -2.44. The van der Waals surface area contributed by atoms with Crippen LogP contribution >= 0.6 is 36.2 Å². The highest BCUT2D eigenvalue weighted by Crippen LogP contribution is 2.19. The van der Waals surface area contributed by atoms with Crippen molar-refractivity contribution >= 4 is 47.2 Å². The summed E-state index contributed by atoms with van der Waals surface area (Å²) < 4.78 is 11.1. The van der Waals surface area contributed by atoms with E-state index in [2.05, 4.69) is 34.4 Å². The predicted octanol–water partition coefficient (Wildman–Crippen LogP) is 1.91. The molecule has 3 rings (SSSR count). The van der Waals surface area contributed by atoms with E-state index in [1.54, 1.807) is 0 Å². The zero-order valence-electron chi connectivity index (χ0n) is 15.1. The number of halogens is 2. The SMILES string of the molecule is CC1CN(Cc2csc(NC(=O)CC3COCCN3)n2)CC(C)O1.Cl.Cl. The summed E-state index contributed by atoms with van der Waals surface area (Å²) in [5, 5.41) is 8.86. The molecule has 7 nitrogen and oxygen atoms in total.